The number of carbonyl (C=O) groups excluding carboxylic acids is 1. The van der Waals surface area contributed by atoms with Crippen LogP contribution in [0.5, 0.6) is 0 Å². The molecule has 1 rings (SSSR count). The first-order chi connectivity index (χ1) is 8.19. The molecule has 1 aromatic rings. The summed E-state index contributed by atoms with van der Waals surface area (Å²) in [5, 5.41) is 3.59. The predicted octanol–water partition coefficient (Wildman–Crippen LogP) is 2.85. The van der Waals surface area contributed by atoms with E-state index < -0.39 is 0 Å². The van der Waals surface area contributed by atoms with Crippen LogP contribution in [0.1, 0.15) is 13.8 Å². The molecule has 0 aromatic heterocycles. The quantitative estimate of drug-likeness (QED) is 0.495. The third kappa shape index (κ3) is 4.07. The third-order valence-corrected chi connectivity index (χ3v) is 3.03. The molecular formula is C13H16N2OS. The van der Waals surface area contributed by atoms with E-state index in [1.807, 2.05) is 37.3 Å². The van der Waals surface area contributed by atoms with Gasteiger partial charge in [-0.15, -0.1) is 0 Å². The first-order valence-corrected chi connectivity index (χ1v) is 6.15. The second-order valence-electron chi connectivity index (χ2n) is 3.29. The van der Waals surface area contributed by atoms with Crippen molar-refractivity contribution in [3.05, 3.63) is 41.1 Å². The second kappa shape index (κ2) is 6.91. The van der Waals surface area contributed by atoms with Gasteiger partial charge < -0.3 is 5.32 Å². The Hall–Kier alpha value is -1.55. The Morgan fingerprint density at radius 2 is 2.00 bits per heavy atom. The molecule has 17 heavy (non-hydrogen) atoms. The SMILES string of the molecule is C/C=N\C(Sc1ccccc1)=C(/NC)C(C)=O. The molecular weight excluding hydrogens is 232 g/mol. The van der Waals surface area contributed by atoms with Crippen LogP contribution in [0.2, 0.25) is 0 Å². The molecule has 0 fully saturated rings. The average Bonchev–Trinajstić information content (AvgIpc) is 2.31. The number of aliphatic imine (C=N–C) groups is 1. The van der Waals surface area contributed by atoms with Gasteiger partial charge >= 0.3 is 0 Å². The molecule has 3 nitrogen and oxygen atoms in total. The van der Waals surface area contributed by atoms with Gasteiger partial charge in [0.15, 0.2) is 5.78 Å². The van der Waals surface area contributed by atoms with Crippen LogP contribution in [0.4, 0.5) is 0 Å². The van der Waals surface area contributed by atoms with Crippen molar-refractivity contribution in [3.63, 3.8) is 0 Å². The van der Waals surface area contributed by atoms with Crippen LogP contribution in [-0.2, 0) is 4.79 Å². The van der Waals surface area contributed by atoms with Crippen LogP contribution in [0.3, 0.4) is 0 Å². The van der Waals surface area contributed by atoms with E-state index in [2.05, 4.69) is 10.3 Å². The number of allylic oxidation sites excluding steroid dienone is 1. The number of hydrogen-bond donors (Lipinski definition) is 1. The Morgan fingerprint density at radius 1 is 1.35 bits per heavy atom. The van der Waals surface area contributed by atoms with E-state index in [1.54, 1.807) is 13.3 Å². The first-order valence-electron chi connectivity index (χ1n) is 5.33. The lowest BCUT2D eigenvalue weighted by atomic mass is 10.3. The van der Waals surface area contributed by atoms with Crippen LogP contribution in [0.25, 0.3) is 0 Å². The molecule has 0 amide bonds. The zero-order valence-corrected chi connectivity index (χ0v) is 11.0. The molecule has 1 aromatic carbocycles. The largest absolute Gasteiger partial charge is 0.383 e. The summed E-state index contributed by atoms with van der Waals surface area (Å²) in [6.45, 7) is 3.36. The predicted molar refractivity (Wildman–Crippen MR) is 73.2 cm³/mol. The first kappa shape index (κ1) is 13.5. The fourth-order valence-corrected chi connectivity index (χ4v) is 2.32. The van der Waals surface area contributed by atoms with Gasteiger partial charge in [-0.1, -0.05) is 30.0 Å². The highest BCUT2D eigenvalue weighted by atomic mass is 32.2. The summed E-state index contributed by atoms with van der Waals surface area (Å²) in [6.07, 6.45) is 1.69. The lowest BCUT2D eigenvalue weighted by molar-refractivity contribution is -0.113. The minimum absolute atomic E-state index is 0.0171. The van der Waals surface area contributed by atoms with E-state index >= 15 is 0 Å². The summed E-state index contributed by atoms with van der Waals surface area (Å²) < 4.78 is 0. The Morgan fingerprint density at radius 3 is 2.47 bits per heavy atom. The summed E-state index contributed by atoms with van der Waals surface area (Å²) in [5.41, 5.74) is 0.539. The molecule has 0 unspecified atom stereocenters. The van der Waals surface area contributed by atoms with Crippen LogP contribution in [-0.4, -0.2) is 19.0 Å². The fraction of sp³-hybridized carbons (Fsp3) is 0.231. The lowest BCUT2D eigenvalue weighted by Crippen LogP contribution is -2.15. The van der Waals surface area contributed by atoms with Crippen molar-refractivity contribution < 1.29 is 4.79 Å². The van der Waals surface area contributed by atoms with Gasteiger partial charge in [0.2, 0.25) is 0 Å². The maximum atomic E-state index is 11.5. The molecule has 0 saturated heterocycles. The molecule has 90 valence electrons. The summed E-state index contributed by atoms with van der Waals surface area (Å²) in [6, 6.07) is 9.86. The van der Waals surface area contributed by atoms with Gasteiger partial charge in [-0.2, -0.15) is 0 Å². The third-order valence-electron chi connectivity index (χ3n) is 2.02. The van der Waals surface area contributed by atoms with Crippen LogP contribution >= 0.6 is 11.8 Å². The topological polar surface area (TPSA) is 41.5 Å². The minimum Gasteiger partial charge on any atom is -0.383 e. The highest BCUT2D eigenvalue weighted by molar-refractivity contribution is 8.03. The van der Waals surface area contributed by atoms with Crippen LogP contribution in [0, 0.1) is 0 Å². The minimum atomic E-state index is -0.0171. The summed E-state index contributed by atoms with van der Waals surface area (Å²) in [7, 11) is 1.73. The molecule has 1 N–H and O–H groups in total. The number of Topliss-reactive ketones (excluding diaryl/α,β-unsaturated/α-hetero) is 1. The van der Waals surface area contributed by atoms with Crippen molar-refractivity contribution in [1.29, 1.82) is 0 Å². The monoisotopic (exact) mass is 248 g/mol. The number of benzene rings is 1. The smallest absolute Gasteiger partial charge is 0.178 e. The number of ketones is 1. The maximum absolute atomic E-state index is 11.5. The lowest BCUT2D eigenvalue weighted by Gasteiger charge is -2.08. The fourth-order valence-electron chi connectivity index (χ4n) is 1.29. The number of rotatable bonds is 5. The van der Waals surface area contributed by atoms with E-state index in [9.17, 15) is 4.79 Å². The van der Waals surface area contributed by atoms with Crippen molar-refractivity contribution in [1.82, 2.24) is 5.32 Å². The standard InChI is InChI=1S/C13H16N2OS/c1-4-15-13(12(14-3)10(2)16)17-11-8-6-5-7-9-11/h4-9,14H,1-3H3/b13-12+,15-4-. The molecule has 0 saturated carbocycles. The van der Waals surface area contributed by atoms with Crippen LogP contribution in [0.15, 0.2) is 50.9 Å². The van der Waals surface area contributed by atoms with Gasteiger partial charge in [0.1, 0.15) is 10.7 Å². The number of carbonyl (C=O) groups is 1. The summed E-state index contributed by atoms with van der Waals surface area (Å²) in [4.78, 5) is 16.8. The Bertz CT molecular complexity index is 438. The molecule has 4 heteroatoms. The van der Waals surface area contributed by atoms with Gasteiger partial charge in [-0.05, 0) is 19.1 Å². The molecule has 0 aliphatic rings. The number of hydrogen-bond acceptors (Lipinski definition) is 4. The maximum Gasteiger partial charge on any atom is 0.178 e. The molecule has 0 radical (unpaired) electrons. The zero-order chi connectivity index (χ0) is 12.7. The average molecular weight is 248 g/mol. The normalized spacial score (nSPS) is 12.4. The second-order valence-corrected chi connectivity index (χ2v) is 4.35. The van der Waals surface area contributed by atoms with Gasteiger partial charge in [0.05, 0.1) is 0 Å². The molecule has 0 aliphatic carbocycles. The van der Waals surface area contributed by atoms with Crippen LogP contribution < -0.4 is 5.32 Å². The highest BCUT2D eigenvalue weighted by Gasteiger charge is 2.10. The molecule has 0 bridgehead atoms. The molecule has 0 atom stereocenters. The van der Waals surface area contributed by atoms with Crippen molar-refractivity contribution in [2.24, 2.45) is 4.99 Å². The molecule has 0 heterocycles. The van der Waals surface area contributed by atoms with E-state index in [4.69, 9.17) is 0 Å². The van der Waals surface area contributed by atoms with Gasteiger partial charge in [0, 0.05) is 25.1 Å². The van der Waals surface area contributed by atoms with Crippen molar-refractivity contribution >= 4 is 23.8 Å². The number of likely N-dealkylation sites (N-methyl/N-ethyl adjacent to an activating group) is 1. The Kier molecular flexibility index (Phi) is 5.49. The zero-order valence-electron chi connectivity index (χ0n) is 10.2. The number of thioether (sulfide) groups is 1. The van der Waals surface area contributed by atoms with Crippen molar-refractivity contribution in [3.8, 4) is 0 Å². The van der Waals surface area contributed by atoms with Crippen molar-refractivity contribution in [2.45, 2.75) is 18.7 Å². The van der Waals surface area contributed by atoms with E-state index in [1.165, 1.54) is 18.7 Å². The van der Waals surface area contributed by atoms with Gasteiger partial charge in [-0.25, -0.2) is 0 Å². The van der Waals surface area contributed by atoms with E-state index in [-0.39, 0.29) is 5.78 Å². The molecule has 0 aliphatic heterocycles. The van der Waals surface area contributed by atoms with Gasteiger partial charge in [-0.3, -0.25) is 9.79 Å². The van der Waals surface area contributed by atoms with E-state index in [0.29, 0.717) is 10.7 Å². The van der Waals surface area contributed by atoms with E-state index in [0.717, 1.165) is 4.90 Å². The number of nitrogens with one attached hydrogen (secondary N) is 1. The number of nitrogens with zero attached hydrogens (tertiary/aromatic N) is 1. The Balaban J connectivity index is 3.06. The summed E-state index contributed by atoms with van der Waals surface area (Å²) >= 11 is 1.47. The molecule has 0 spiro atoms. The Labute approximate surface area is 106 Å². The van der Waals surface area contributed by atoms with Gasteiger partial charge in [0.25, 0.3) is 0 Å². The van der Waals surface area contributed by atoms with Crippen molar-refractivity contribution in [2.75, 3.05) is 7.05 Å². The summed E-state index contributed by atoms with van der Waals surface area (Å²) in [5.74, 6) is -0.0171. The highest BCUT2D eigenvalue weighted by Crippen LogP contribution is 2.29.